The van der Waals surface area contributed by atoms with Crippen LogP contribution in [-0.2, 0) is 9.53 Å². The summed E-state index contributed by atoms with van der Waals surface area (Å²) in [7, 11) is 2.77. The van der Waals surface area contributed by atoms with Gasteiger partial charge in [0.05, 0.1) is 31.2 Å². The van der Waals surface area contributed by atoms with Crippen LogP contribution in [-0.4, -0.2) is 26.1 Å². The highest BCUT2D eigenvalue weighted by atomic mass is 16.5. The third-order valence-corrected chi connectivity index (χ3v) is 3.67. The first kappa shape index (κ1) is 19.5. The lowest BCUT2D eigenvalue weighted by atomic mass is 10.1. The molecule has 0 fully saturated rings. The van der Waals surface area contributed by atoms with Crippen LogP contribution in [0.5, 0.6) is 5.75 Å². The molecule has 7 heteroatoms. The maximum Gasteiger partial charge on any atom is 0.339 e. The summed E-state index contributed by atoms with van der Waals surface area (Å²) < 4.78 is 9.93. The Morgan fingerprint density at radius 2 is 1.85 bits per heavy atom. The van der Waals surface area contributed by atoms with E-state index >= 15 is 0 Å². The summed E-state index contributed by atoms with van der Waals surface area (Å²) in [5.41, 5.74) is 1.92. The minimum Gasteiger partial charge on any atom is -0.495 e. The van der Waals surface area contributed by atoms with E-state index in [1.807, 2.05) is 19.1 Å². The number of carbonyl (C=O) groups excluding carboxylic acids is 2. The van der Waals surface area contributed by atoms with Crippen LogP contribution in [0.1, 0.15) is 15.9 Å². The molecule has 0 aliphatic heterocycles. The maximum absolute atomic E-state index is 12.4. The second-order valence-electron chi connectivity index (χ2n) is 5.51. The van der Waals surface area contributed by atoms with E-state index < -0.39 is 11.9 Å². The summed E-state index contributed by atoms with van der Waals surface area (Å²) in [6.45, 7) is 1.88. The van der Waals surface area contributed by atoms with Crippen LogP contribution in [0.2, 0.25) is 0 Å². The van der Waals surface area contributed by atoms with Crippen molar-refractivity contribution in [1.82, 2.24) is 0 Å². The predicted molar refractivity (Wildman–Crippen MR) is 101 cm³/mol. The van der Waals surface area contributed by atoms with Gasteiger partial charge in [-0.2, -0.15) is 5.26 Å². The lowest BCUT2D eigenvalue weighted by Gasteiger charge is -2.11. The molecule has 0 radical (unpaired) electrons. The summed E-state index contributed by atoms with van der Waals surface area (Å²) in [4.78, 5) is 24.2. The number of para-hydroxylation sites is 1. The van der Waals surface area contributed by atoms with E-state index in [2.05, 4.69) is 10.6 Å². The first-order valence-corrected chi connectivity index (χ1v) is 8.00. The number of amides is 1. The molecule has 0 spiro atoms. The van der Waals surface area contributed by atoms with E-state index in [1.54, 1.807) is 36.4 Å². The van der Waals surface area contributed by atoms with E-state index in [-0.39, 0.29) is 11.1 Å². The van der Waals surface area contributed by atoms with Crippen molar-refractivity contribution in [2.45, 2.75) is 6.92 Å². The Hall–Kier alpha value is -3.79. The topological polar surface area (TPSA) is 100 Å². The summed E-state index contributed by atoms with van der Waals surface area (Å²) >= 11 is 0. The highest BCUT2D eigenvalue weighted by molar-refractivity contribution is 6.07. The monoisotopic (exact) mass is 365 g/mol. The normalized spacial score (nSPS) is 10.5. The van der Waals surface area contributed by atoms with Crippen LogP contribution in [0, 0.1) is 18.3 Å². The lowest BCUT2D eigenvalue weighted by Crippen LogP contribution is -2.15. The molecule has 138 valence electrons. The Bertz CT molecular complexity index is 929. The number of hydrogen-bond donors (Lipinski definition) is 2. The fraction of sp³-hybridized carbons (Fsp3) is 0.150. The third kappa shape index (κ3) is 4.86. The Morgan fingerprint density at radius 1 is 1.11 bits per heavy atom. The van der Waals surface area contributed by atoms with E-state index in [9.17, 15) is 14.9 Å². The van der Waals surface area contributed by atoms with Crippen molar-refractivity contribution in [1.29, 1.82) is 5.26 Å². The molecule has 0 heterocycles. The van der Waals surface area contributed by atoms with Crippen LogP contribution < -0.4 is 15.4 Å². The van der Waals surface area contributed by atoms with Crippen molar-refractivity contribution < 1.29 is 19.1 Å². The first-order valence-electron chi connectivity index (χ1n) is 8.00. The van der Waals surface area contributed by atoms with Gasteiger partial charge in [0.15, 0.2) is 0 Å². The Kier molecular flexibility index (Phi) is 6.55. The van der Waals surface area contributed by atoms with E-state index in [1.165, 1.54) is 20.4 Å². The molecule has 2 rings (SSSR count). The van der Waals surface area contributed by atoms with Gasteiger partial charge in [-0.25, -0.2) is 4.79 Å². The van der Waals surface area contributed by atoms with Gasteiger partial charge in [0, 0.05) is 6.20 Å². The van der Waals surface area contributed by atoms with Gasteiger partial charge < -0.3 is 20.1 Å². The van der Waals surface area contributed by atoms with Crippen molar-refractivity contribution >= 4 is 23.3 Å². The third-order valence-electron chi connectivity index (χ3n) is 3.67. The predicted octanol–water partition coefficient (Wildman–Crippen LogP) is 3.25. The zero-order chi connectivity index (χ0) is 19.8. The van der Waals surface area contributed by atoms with Gasteiger partial charge in [-0.1, -0.05) is 18.2 Å². The molecule has 27 heavy (non-hydrogen) atoms. The van der Waals surface area contributed by atoms with Gasteiger partial charge >= 0.3 is 5.97 Å². The summed E-state index contributed by atoms with van der Waals surface area (Å²) in [6.07, 6.45) is 1.24. The SMILES string of the molecule is COC(=O)c1ccccc1N/C=C(/C#N)C(=O)Nc1cc(C)ccc1OC. The average Bonchev–Trinajstić information content (AvgIpc) is 2.68. The molecule has 0 saturated heterocycles. The molecule has 0 aliphatic rings. The van der Waals surface area contributed by atoms with Crippen molar-refractivity contribution in [3.8, 4) is 11.8 Å². The molecule has 2 aromatic carbocycles. The molecule has 0 aliphatic carbocycles. The van der Waals surface area contributed by atoms with E-state index in [0.717, 1.165) is 5.56 Å². The number of nitriles is 1. The quantitative estimate of drug-likeness (QED) is 0.463. The Balaban J connectivity index is 2.23. The van der Waals surface area contributed by atoms with E-state index in [0.29, 0.717) is 17.1 Å². The van der Waals surface area contributed by atoms with Crippen molar-refractivity contribution in [2.75, 3.05) is 24.9 Å². The fourth-order valence-electron chi connectivity index (χ4n) is 2.30. The highest BCUT2D eigenvalue weighted by Gasteiger charge is 2.14. The minimum absolute atomic E-state index is 0.168. The van der Waals surface area contributed by atoms with Gasteiger partial charge in [0.25, 0.3) is 5.91 Å². The second kappa shape index (κ2) is 9.06. The van der Waals surface area contributed by atoms with Gasteiger partial charge in [0.2, 0.25) is 0 Å². The summed E-state index contributed by atoms with van der Waals surface area (Å²) in [5, 5.41) is 14.8. The fourth-order valence-corrected chi connectivity index (χ4v) is 2.30. The molecule has 2 aromatic rings. The molecular weight excluding hydrogens is 346 g/mol. The number of hydrogen-bond acceptors (Lipinski definition) is 6. The largest absolute Gasteiger partial charge is 0.495 e. The molecule has 0 aromatic heterocycles. The number of rotatable bonds is 6. The number of ether oxygens (including phenoxy) is 2. The highest BCUT2D eigenvalue weighted by Crippen LogP contribution is 2.25. The van der Waals surface area contributed by atoms with Crippen LogP contribution >= 0.6 is 0 Å². The van der Waals surface area contributed by atoms with E-state index in [4.69, 9.17) is 9.47 Å². The number of nitrogens with zero attached hydrogens (tertiary/aromatic N) is 1. The zero-order valence-electron chi connectivity index (χ0n) is 15.2. The molecular formula is C20H19N3O4. The summed E-state index contributed by atoms with van der Waals surface area (Å²) in [5.74, 6) is -0.654. The number of aryl methyl sites for hydroxylation is 1. The number of carbonyl (C=O) groups is 2. The Morgan fingerprint density at radius 3 is 2.52 bits per heavy atom. The van der Waals surface area contributed by atoms with Crippen molar-refractivity contribution in [3.05, 3.63) is 65.4 Å². The van der Waals surface area contributed by atoms with Gasteiger partial charge in [-0.3, -0.25) is 4.79 Å². The van der Waals surface area contributed by atoms with Crippen molar-refractivity contribution in [3.63, 3.8) is 0 Å². The second-order valence-corrected chi connectivity index (χ2v) is 5.51. The van der Waals surface area contributed by atoms with Gasteiger partial charge in [0.1, 0.15) is 17.4 Å². The minimum atomic E-state index is -0.607. The van der Waals surface area contributed by atoms with Crippen LogP contribution in [0.4, 0.5) is 11.4 Å². The summed E-state index contributed by atoms with van der Waals surface area (Å²) in [6, 6.07) is 13.8. The van der Waals surface area contributed by atoms with Crippen molar-refractivity contribution in [2.24, 2.45) is 0 Å². The average molecular weight is 365 g/mol. The molecule has 7 nitrogen and oxygen atoms in total. The number of benzene rings is 2. The molecule has 2 N–H and O–H groups in total. The Labute approximate surface area is 157 Å². The number of esters is 1. The van der Waals surface area contributed by atoms with Crippen LogP contribution in [0.3, 0.4) is 0 Å². The molecule has 0 atom stereocenters. The standard InChI is InChI=1S/C20H19N3O4/c1-13-8-9-18(26-2)17(10-13)23-19(24)14(11-21)12-22-16-7-5-4-6-15(16)20(25)27-3/h4-10,12,22H,1-3H3,(H,23,24)/b14-12-. The number of nitrogens with one attached hydrogen (secondary N) is 2. The molecule has 0 unspecified atom stereocenters. The molecule has 0 saturated carbocycles. The lowest BCUT2D eigenvalue weighted by molar-refractivity contribution is -0.112. The van der Waals surface area contributed by atoms with Gasteiger partial charge in [-0.05, 0) is 36.8 Å². The smallest absolute Gasteiger partial charge is 0.339 e. The van der Waals surface area contributed by atoms with Crippen LogP contribution in [0.15, 0.2) is 54.2 Å². The number of anilines is 2. The van der Waals surface area contributed by atoms with Crippen LogP contribution in [0.25, 0.3) is 0 Å². The number of methoxy groups -OCH3 is 2. The maximum atomic E-state index is 12.4. The molecule has 1 amide bonds. The zero-order valence-corrected chi connectivity index (χ0v) is 15.2. The molecule has 0 bridgehead atoms. The first-order chi connectivity index (χ1) is 13.0. The van der Waals surface area contributed by atoms with Gasteiger partial charge in [-0.15, -0.1) is 0 Å².